The van der Waals surface area contributed by atoms with E-state index in [-0.39, 0.29) is 18.4 Å². The third-order valence-electron chi connectivity index (χ3n) is 3.70. The third kappa shape index (κ3) is 5.47. The lowest BCUT2D eigenvalue weighted by Gasteiger charge is -2.18. The van der Waals surface area contributed by atoms with Gasteiger partial charge in [-0.1, -0.05) is 38.8 Å². The van der Waals surface area contributed by atoms with Gasteiger partial charge in [0.2, 0.25) is 5.91 Å². The van der Waals surface area contributed by atoms with Crippen molar-refractivity contribution >= 4 is 11.9 Å². The van der Waals surface area contributed by atoms with Gasteiger partial charge >= 0.3 is 5.97 Å². The molecule has 5 heteroatoms. The lowest BCUT2D eigenvalue weighted by molar-refractivity contribution is -0.138. The molecule has 1 atom stereocenters. The molecule has 1 aromatic carbocycles. The number of aliphatic carboxylic acids is 1. The molecule has 0 aromatic heterocycles. The molecule has 0 saturated heterocycles. The van der Waals surface area contributed by atoms with E-state index in [1.807, 2.05) is 13.8 Å². The van der Waals surface area contributed by atoms with Crippen LogP contribution in [0.15, 0.2) is 24.3 Å². The number of hydrogen-bond donors (Lipinski definition) is 2. The average molecular weight is 309 g/mol. The van der Waals surface area contributed by atoms with Crippen LogP contribution in [0.25, 0.3) is 0 Å². The van der Waals surface area contributed by atoms with E-state index in [1.165, 1.54) is 24.3 Å². The lowest BCUT2D eigenvalue weighted by atomic mass is 9.96. The van der Waals surface area contributed by atoms with Crippen molar-refractivity contribution in [1.29, 1.82) is 0 Å². The van der Waals surface area contributed by atoms with Crippen molar-refractivity contribution in [2.24, 2.45) is 5.92 Å². The lowest BCUT2D eigenvalue weighted by Crippen LogP contribution is -2.36. The molecule has 1 aromatic rings. The highest BCUT2D eigenvalue weighted by atomic mass is 19.1. The van der Waals surface area contributed by atoms with E-state index in [2.05, 4.69) is 5.32 Å². The fourth-order valence-corrected chi connectivity index (χ4v) is 2.49. The Bertz CT molecular complexity index is 481. The van der Waals surface area contributed by atoms with Crippen LogP contribution in [0.3, 0.4) is 0 Å². The molecule has 0 aliphatic heterocycles. The van der Waals surface area contributed by atoms with E-state index < -0.39 is 17.7 Å². The van der Waals surface area contributed by atoms with Crippen molar-refractivity contribution < 1.29 is 19.1 Å². The number of carbonyl (C=O) groups excluding carboxylic acids is 1. The molecule has 0 bridgehead atoms. The van der Waals surface area contributed by atoms with Crippen molar-refractivity contribution in [2.45, 2.75) is 45.4 Å². The van der Waals surface area contributed by atoms with E-state index in [9.17, 15) is 19.1 Å². The second kappa shape index (κ2) is 9.18. The summed E-state index contributed by atoms with van der Waals surface area (Å²) >= 11 is 0. The number of rotatable bonds is 9. The first-order chi connectivity index (χ1) is 10.5. The molecule has 0 aliphatic rings. The first-order valence-corrected chi connectivity index (χ1v) is 7.75. The van der Waals surface area contributed by atoms with Gasteiger partial charge in [0.05, 0.1) is 5.92 Å². The summed E-state index contributed by atoms with van der Waals surface area (Å²) in [6.07, 6.45) is 3.43. The maximum Gasteiger partial charge on any atom is 0.312 e. The van der Waals surface area contributed by atoms with Crippen molar-refractivity contribution in [2.75, 3.05) is 6.54 Å². The Morgan fingerprint density at radius 3 is 2.14 bits per heavy atom. The molecular formula is C17H24FNO3. The Labute approximate surface area is 130 Å². The van der Waals surface area contributed by atoms with Crippen molar-refractivity contribution in [3.05, 3.63) is 35.6 Å². The minimum absolute atomic E-state index is 0.0176. The topological polar surface area (TPSA) is 66.4 Å². The Morgan fingerprint density at radius 1 is 1.14 bits per heavy atom. The molecule has 0 spiro atoms. The Kier molecular flexibility index (Phi) is 7.57. The van der Waals surface area contributed by atoms with Gasteiger partial charge in [0.25, 0.3) is 0 Å². The summed E-state index contributed by atoms with van der Waals surface area (Å²) in [7, 11) is 0. The van der Waals surface area contributed by atoms with Crippen LogP contribution >= 0.6 is 0 Å². The Balaban J connectivity index is 2.69. The Hall–Kier alpha value is -1.91. The summed E-state index contributed by atoms with van der Waals surface area (Å²) in [6, 6.07) is 5.33. The number of amides is 1. The van der Waals surface area contributed by atoms with Crippen LogP contribution in [0.1, 0.15) is 51.0 Å². The normalized spacial score (nSPS) is 12.2. The maximum absolute atomic E-state index is 12.9. The van der Waals surface area contributed by atoms with Gasteiger partial charge < -0.3 is 10.4 Å². The standard InChI is InChI=1S/C17H24FNO3/c1-3-5-13(6-4-2)16(20)19-11-15(17(21)22)12-7-9-14(18)10-8-12/h7-10,13,15H,3-6,11H2,1-2H3,(H,19,20)(H,21,22). The molecule has 4 nitrogen and oxygen atoms in total. The number of halogens is 1. The van der Waals surface area contributed by atoms with Gasteiger partial charge in [-0.3, -0.25) is 9.59 Å². The highest BCUT2D eigenvalue weighted by Crippen LogP contribution is 2.18. The predicted octanol–water partition coefficient (Wildman–Crippen LogP) is 3.33. The van der Waals surface area contributed by atoms with Gasteiger partial charge in [0.1, 0.15) is 5.82 Å². The summed E-state index contributed by atoms with van der Waals surface area (Å²) in [5, 5.41) is 12.0. The van der Waals surface area contributed by atoms with Crippen LogP contribution in [0, 0.1) is 11.7 Å². The smallest absolute Gasteiger partial charge is 0.312 e. The van der Waals surface area contributed by atoms with E-state index >= 15 is 0 Å². The van der Waals surface area contributed by atoms with E-state index in [0.29, 0.717) is 5.56 Å². The van der Waals surface area contributed by atoms with Crippen molar-refractivity contribution in [3.8, 4) is 0 Å². The number of hydrogen-bond acceptors (Lipinski definition) is 2. The van der Waals surface area contributed by atoms with Gasteiger partial charge in [0, 0.05) is 12.5 Å². The predicted molar refractivity (Wildman–Crippen MR) is 83.1 cm³/mol. The van der Waals surface area contributed by atoms with Crippen LogP contribution in [0.4, 0.5) is 4.39 Å². The van der Waals surface area contributed by atoms with Crippen molar-refractivity contribution in [1.82, 2.24) is 5.32 Å². The van der Waals surface area contributed by atoms with Gasteiger partial charge in [-0.2, -0.15) is 0 Å². The highest BCUT2D eigenvalue weighted by molar-refractivity contribution is 5.81. The number of carboxylic acids is 1. The Morgan fingerprint density at radius 2 is 1.68 bits per heavy atom. The van der Waals surface area contributed by atoms with Crippen LogP contribution in [0.2, 0.25) is 0 Å². The first-order valence-electron chi connectivity index (χ1n) is 7.75. The zero-order valence-corrected chi connectivity index (χ0v) is 13.1. The molecule has 2 N–H and O–H groups in total. The van der Waals surface area contributed by atoms with Gasteiger partial charge in [-0.05, 0) is 30.5 Å². The van der Waals surface area contributed by atoms with E-state index in [4.69, 9.17) is 0 Å². The van der Waals surface area contributed by atoms with E-state index in [0.717, 1.165) is 25.7 Å². The third-order valence-corrected chi connectivity index (χ3v) is 3.70. The van der Waals surface area contributed by atoms with E-state index in [1.54, 1.807) is 0 Å². The molecule has 122 valence electrons. The average Bonchev–Trinajstić information content (AvgIpc) is 2.48. The SMILES string of the molecule is CCCC(CCC)C(=O)NCC(C(=O)O)c1ccc(F)cc1. The van der Waals surface area contributed by atoms with Gasteiger partial charge in [-0.15, -0.1) is 0 Å². The number of nitrogens with one attached hydrogen (secondary N) is 1. The summed E-state index contributed by atoms with van der Waals surface area (Å²) < 4.78 is 12.9. The monoisotopic (exact) mass is 309 g/mol. The second-order valence-electron chi connectivity index (χ2n) is 5.46. The van der Waals surface area contributed by atoms with Crippen LogP contribution < -0.4 is 5.32 Å². The molecule has 1 rings (SSSR count). The number of carboxylic acid groups (broad SMARTS) is 1. The summed E-state index contributed by atoms with van der Waals surface area (Å²) in [5.74, 6) is -2.49. The van der Waals surface area contributed by atoms with Crippen LogP contribution in [-0.2, 0) is 9.59 Å². The molecule has 0 radical (unpaired) electrons. The largest absolute Gasteiger partial charge is 0.481 e. The minimum atomic E-state index is -1.03. The number of benzene rings is 1. The van der Waals surface area contributed by atoms with Gasteiger partial charge in [-0.25, -0.2) is 4.39 Å². The molecule has 22 heavy (non-hydrogen) atoms. The molecule has 0 heterocycles. The molecule has 1 amide bonds. The number of carbonyl (C=O) groups is 2. The van der Waals surface area contributed by atoms with Crippen LogP contribution in [0.5, 0.6) is 0 Å². The maximum atomic E-state index is 12.9. The minimum Gasteiger partial charge on any atom is -0.481 e. The second-order valence-corrected chi connectivity index (χ2v) is 5.46. The molecule has 0 saturated carbocycles. The first kappa shape index (κ1) is 18.1. The molecule has 0 fully saturated rings. The summed E-state index contributed by atoms with van der Waals surface area (Å²) in [6.45, 7) is 4.06. The molecule has 0 aliphatic carbocycles. The van der Waals surface area contributed by atoms with Gasteiger partial charge in [0.15, 0.2) is 0 Å². The zero-order chi connectivity index (χ0) is 16.5. The quantitative estimate of drug-likeness (QED) is 0.735. The van der Waals surface area contributed by atoms with Crippen molar-refractivity contribution in [3.63, 3.8) is 0 Å². The summed E-state index contributed by atoms with van der Waals surface area (Å²) in [5.41, 5.74) is 0.483. The zero-order valence-electron chi connectivity index (χ0n) is 13.1. The fraction of sp³-hybridized carbons (Fsp3) is 0.529. The molecular weight excluding hydrogens is 285 g/mol. The molecule has 1 unspecified atom stereocenters. The highest BCUT2D eigenvalue weighted by Gasteiger charge is 2.23. The van der Waals surface area contributed by atoms with Crippen LogP contribution in [-0.4, -0.2) is 23.5 Å². The summed E-state index contributed by atoms with van der Waals surface area (Å²) in [4.78, 5) is 23.5. The fourth-order valence-electron chi connectivity index (χ4n) is 2.49.